The highest BCUT2D eigenvalue weighted by Gasteiger charge is 2.10. The van der Waals surface area contributed by atoms with Crippen molar-refractivity contribution in [2.24, 2.45) is 5.92 Å². The number of carbonyl (C=O) groups excluding carboxylic acids is 1. The third-order valence-electron chi connectivity index (χ3n) is 1.62. The van der Waals surface area contributed by atoms with Crippen molar-refractivity contribution in [1.82, 2.24) is 4.98 Å². The Labute approximate surface area is 82.9 Å². The molecule has 0 radical (unpaired) electrons. The number of esters is 1. The normalized spacial score (nSPS) is 10.0. The molecule has 0 aliphatic rings. The van der Waals surface area contributed by atoms with Crippen LogP contribution in [-0.2, 0) is 4.79 Å². The number of methoxy groups -OCH3 is 1. The molecule has 1 aromatic heterocycles. The van der Waals surface area contributed by atoms with E-state index in [0.717, 1.165) is 0 Å². The second kappa shape index (κ2) is 4.60. The van der Waals surface area contributed by atoms with Crippen LogP contribution in [0, 0.1) is 5.92 Å². The number of rotatable bonds is 3. The van der Waals surface area contributed by atoms with Crippen LogP contribution < -0.4 is 9.47 Å². The molecule has 0 spiro atoms. The van der Waals surface area contributed by atoms with Crippen LogP contribution >= 0.6 is 0 Å². The second-order valence-electron chi connectivity index (χ2n) is 3.11. The van der Waals surface area contributed by atoms with E-state index in [2.05, 4.69) is 4.98 Å². The molecule has 0 amide bonds. The molecule has 0 saturated carbocycles. The molecule has 0 bridgehead atoms. The Morgan fingerprint density at radius 2 is 2.21 bits per heavy atom. The minimum Gasteiger partial charge on any atom is -0.497 e. The molecule has 76 valence electrons. The van der Waals surface area contributed by atoms with E-state index < -0.39 is 0 Å². The minimum absolute atomic E-state index is 0.164. The van der Waals surface area contributed by atoms with E-state index in [1.807, 2.05) is 0 Å². The highest BCUT2D eigenvalue weighted by Crippen LogP contribution is 2.16. The zero-order valence-electron chi connectivity index (χ0n) is 8.48. The molecule has 0 aliphatic carbocycles. The van der Waals surface area contributed by atoms with Crippen LogP contribution in [0.1, 0.15) is 13.8 Å². The van der Waals surface area contributed by atoms with Crippen molar-refractivity contribution in [3.8, 4) is 11.6 Å². The lowest BCUT2D eigenvalue weighted by atomic mass is 10.2. The van der Waals surface area contributed by atoms with Crippen LogP contribution in [-0.4, -0.2) is 18.1 Å². The van der Waals surface area contributed by atoms with Gasteiger partial charge in [-0.1, -0.05) is 13.8 Å². The zero-order chi connectivity index (χ0) is 10.6. The Bertz CT molecular complexity index is 323. The van der Waals surface area contributed by atoms with Crippen molar-refractivity contribution in [2.45, 2.75) is 13.8 Å². The lowest BCUT2D eigenvalue weighted by Gasteiger charge is -2.06. The topological polar surface area (TPSA) is 48.4 Å². The molecular formula is C10H13NO3. The maximum Gasteiger partial charge on any atom is 0.315 e. The smallest absolute Gasteiger partial charge is 0.315 e. The van der Waals surface area contributed by atoms with E-state index in [4.69, 9.17) is 9.47 Å². The van der Waals surface area contributed by atoms with Crippen molar-refractivity contribution in [2.75, 3.05) is 7.11 Å². The van der Waals surface area contributed by atoms with Gasteiger partial charge in [-0.2, -0.15) is 0 Å². The minimum atomic E-state index is -0.300. The molecule has 0 saturated heterocycles. The second-order valence-corrected chi connectivity index (χ2v) is 3.11. The molecule has 1 heterocycles. The van der Waals surface area contributed by atoms with E-state index in [0.29, 0.717) is 5.75 Å². The van der Waals surface area contributed by atoms with Crippen molar-refractivity contribution in [3.63, 3.8) is 0 Å². The van der Waals surface area contributed by atoms with Gasteiger partial charge in [-0.15, -0.1) is 0 Å². The summed E-state index contributed by atoms with van der Waals surface area (Å²) in [6, 6.07) is 3.26. The molecule has 14 heavy (non-hydrogen) atoms. The first-order chi connectivity index (χ1) is 6.63. The van der Waals surface area contributed by atoms with Crippen LogP contribution in [0.25, 0.3) is 0 Å². The number of nitrogens with zero attached hydrogens (tertiary/aromatic N) is 1. The first-order valence-electron chi connectivity index (χ1n) is 4.35. The standard InChI is InChI=1S/C10H13NO3/c1-7(2)10(12)14-9-6-8(13-3)4-5-11-9/h4-7H,1-3H3. The Hall–Kier alpha value is -1.58. The molecule has 0 aromatic carbocycles. The average molecular weight is 195 g/mol. The van der Waals surface area contributed by atoms with E-state index >= 15 is 0 Å². The summed E-state index contributed by atoms with van der Waals surface area (Å²) in [5.74, 6) is 0.420. The van der Waals surface area contributed by atoms with Crippen molar-refractivity contribution in [3.05, 3.63) is 18.3 Å². The molecule has 1 rings (SSSR count). The molecule has 0 atom stereocenters. The van der Waals surface area contributed by atoms with Crippen LogP contribution in [0.15, 0.2) is 18.3 Å². The van der Waals surface area contributed by atoms with E-state index in [1.165, 1.54) is 6.20 Å². The van der Waals surface area contributed by atoms with Crippen molar-refractivity contribution in [1.29, 1.82) is 0 Å². The summed E-state index contributed by atoms with van der Waals surface area (Å²) in [6.45, 7) is 3.53. The fourth-order valence-electron chi connectivity index (χ4n) is 0.795. The maximum atomic E-state index is 11.2. The van der Waals surface area contributed by atoms with Gasteiger partial charge < -0.3 is 9.47 Å². The molecule has 4 heteroatoms. The van der Waals surface area contributed by atoms with Gasteiger partial charge in [-0.3, -0.25) is 4.79 Å². The largest absolute Gasteiger partial charge is 0.497 e. The third-order valence-corrected chi connectivity index (χ3v) is 1.62. The highest BCUT2D eigenvalue weighted by molar-refractivity contribution is 5.73. The number of pyridine rings is 1. The molecule has 0 unspecified atom stereocenters. The molecule has 0 aliphatic heterocycles. The average Bonchev–Trinajstić information content (AvgIpc) is 2.18. The summed E-state index contributed by atoms with van der Waals surface area (Å²) in [4.78, 5) is 15.1. The number of ether oxygens (including phenoxy) is 2. The van der Waals surface area contributed by atoms with E-state index in [1.54, 1.807) is 33.1 Å². The summed E-state index contributed by atoms with van der Waals surface area (Å²) in [6.07, 6.45) is 1.53. The van der Waals surface area contributed by atoms with E-state index in [-0.39, 0.29) is 17.8 Å². The van der Waals surface area contributed by atoms with Gasteiger partial charge in [0.25, 0.3) is 0 Å². The first-order valence-corrected chi connectivity index (χ1v) is 4.35. The molecular weight excluding hydrogens is 182 g/mol. The number of aromatic nitrogens is 1. The van der Waals surface area contributed by atoms with Gasteiger partial charge >= 0.3 is 5.97 Å². The van der Waals surface area contributed by atoms with Gasteiger partial charge in [0, 0.05) is 12.3 Å². The van der Waals surface area contributed by atoms with Gasteiger partial charge in [-0.25, -0.2) is 4.98 Å². The van der Waals surface area contributed by atoms with Gasteiger partial charge in [-0.05, 0) is 6.07 Å². The summed E-state index contributed by atoms with van der Waals surface area (Å²) in [7, 11) is 1.55. The summed E-state index contributed by atoms with van der Waals surface area (Å²) < 4.78 is 9.95. The molecule has 0 fully saturated rings. The SMILES string of the molecule is COc1ccnc(OC(=O)C(C)C)c1. The number of hydrogen-bond donors (Lipinski definition) is 0. The summed E-state index contributed by atoms with van der Waals surface area (Å²) >= 11 is 0. The quantitative estimate of drug-likeness (QED) is 0.688. The Balaban J connectivity index is 2.72. The van der Waals surface area contributed by atoms with Gasteiger partial charge in [0.1, 0.15) is 5.75 Å². The Morgan fingerprint density at radius 1 is 1.50 bits per heavy atom. The summed E-state index contributed by atoms with van der Waals surface area (Å²) in [5, 5.41) is 0. The maximum absolute atomic E-state index is 11.2. The summed E-state index contributed by atoms with van der Waals surface area (Å²) in [5.41, 5.74) is 0. The Kier molecular flexibility index (Phi) is 3.45. The van der Waals surface area contributed by atoms with Crippen LogP contribution in [0.2, 0.25) is 0 Å². The first kappa shape index (κ1) is 10.5. The van der Waals surface area contributed by atoms with Crippen LogP contribution in [0.3, 0.4) is 0 Å². The fraction of sp³-hybridized carbons (Fsp3) is 0.400. The third kappa shape index (κ3) is 2.73. The van der Waals surface area contributed by atoms with Crippen LogP contribution in [0.4, 0.5) is 0 Å². The Morgan fingerprint density at radius 3 is 2.79 bits per heavy atom. The zero-order valence-corrected chi connectivity index (χ0v) is 8.48. The fourth-order valence-corrected chi connectivity index (χ4v) is 0.795. The lowest BCUT2D eigenvalue weighted by molar-refractivity contribution is -0.138. The van der Waals surface area contributed by atoms with Gasteiger partial charge in [0.05, 0.1) is 13.0 Å². The van der Waals surface area contributed by atoms with Gasteiger partial charge in [0.15, 0.2) is 0 Å². The van der Waals surface area contributed by atoms with Crippen LogP contribution in [0.5, 0.6) is 11.6 Å². The van der Waals surface area contributed by atoms with Crippen molar-refractivity contribution < 1.29 is 14.3 Å². The predicted octanol–water partition coefficient (Wildman–Crippen LogP) is 1.65. The monoisotopic (exact) mass is 195 g/mol. The highest BCUT2D eigenvalue weighted by atomic mass is 16.5. The predicted molar refractivity (Wildman–Crippen MR) is 51.3 cm³/mol. The number of carbonyl (C=O) groups is 1. The molecule has 0 N–H and O–H groups in total. The van der Waals surface area contributed by atoms with Crippen molar-refractivity contribution >= 4 is 5.97 Å². The molecule has 4 nitrogen and oxygen atoms in total. The lowest BCUT2D eigenvalue weighted by Crippen LogP contribution is -2.15. The molecule has 1 aromatic rings. The van der Waals surface area contributed by atoms with E-state index in [9.17, 15) is 4.79 Å². The number of hydrogen-bond acceptors (Lipinski definition) is 4. The van der Waals surface area contributed by atoms with Gasteiger partial charge in [0.2, 0.25) is 5.88 Å².